The molecule has 1 aliphatic heterocycles. The zero-order valence-corrected chi connectivity index (χ0v) is 26.9. The van der Waals surface area contributed by atoms with Crippen LogP contribution in [-0.2, 0) is 14.3 Å². The third kappa shape index (κ3) is 8.85. The first-order chi connectivity index (χ1) is 22.6. The van der Waals surface area contributed by atoms with Gasteiger partial charge in [0.2, 0.25) is 0 Å². The van der Waals surface area contributed by atoms with Gasteiger partial charge in [0.15, 0.2) is 19.4 Å². The lowest BCUT2D eigenvalue weighted by atomic mass is 10.0. The molecule has 2 atom stereocenters. The molecule has 4 rings (SSSR count). The standard InChI is InChI=1S/C34H39N3O10/c1-36(2)27-14-17-30(46-22-44-4)29(19-27)31(38)23-8-10-25(11-9-23)33(40)47-37(34(41)42)18-6-5-7-26(20-37)35-32(39)24-12-15-28(16-13-24)45-21-43-3/h8-17,19,26H,5-7,18,20-22H2,1-4H3,(H-,35,39,41,42). The molecule has 0 spiro atoms. The van der Waals surface area contributed by atoms with Crippen LogP contribution in [0.2, 0.25) is 0 Å². The summed E-state index contributed by atoms with van der Waals surface area (Å²) >= 11 is 0. The summed E-state index contributed by atoms with van der Waals surface area (Å²) in [5.41, 5.74) is 1.76. The fraction of sp³-hybridized carbons (Fsp3) is 0.353. The third-order valence-corrected chi connectivity index (χ3v) is 7.66. The Labute approximate surface area is 273 Å². The number of ketones is 1. The van der Waals surface area contributed by atoms with Gasteiger partial charge in [-0.05, 0) is 67.4 Å². The molecule has 47 heavy (non-hydrogen) atoms. The Hall–Kier alpha value is -4.98. The van der Waals surface area contributed by atoms with Gasteiger partial charge >= 0.3 is 12.1 Å². The quantitative estimate of drug-likeness (QED) is 0.175. The second-order valence-electron chi connectivity index (χ2n) is 11.2. The number of nitrogens with one attached hydrogen (secondary N) is 1. The van der Waals surface area contributed by atoms with Crippen molar-refractivity contribution in [3.63, 3.8) is 0 Å². The molecule has 1 aliphatic rings. The highest BCUT2D eigenvalue weighted by atomic mass is 16.8. The summed E-state index contributed by atoms with van der Waals surface area (Å²) in [6, 6.07) is 16.7. The molecular weight excluding hydrogens is 610 g/mol. The lowest BCUT2D eigenvalue weighted by Gasteiger charge is -2.34. The van der Waals surface area contributed by atoms with E-state index in [9.17, 15) is 24.3 Å². The molecule has 1 N–H and O–H groups in total. The summed E-state index contributed by atoms with van der Waals surface area (Å²) in [6.07, 6.45) is -0.100. The molecule has 0 saturated carbocycles. The van der Waals surface area contributed by atoms with Gasteiger partial charge in [-0.3, -0.25) is 14.4 Å². The molecule has 2 unspecified atom stereocenters. The normalized spacial score (nSPS) is 17.6. The molecule has 1 saturated heterocycles. The molecule has 0 radical (unpaired) electrons. The number of amides is 2. The number of quaternary nitrogens is 1. The number of anilines is 1. The number of rotatable bonds is 12. The van der Waals surface area contributed by atoms with Crippen LogP contribution in [0.1, 0.15) is 55.9 Å². The molecule has 3 aromatic carbocycles. The predicted molar refractivity (Wildman–Crippen MR) is 168 cm³/mol. The van der Waals surface area contributed by atoms with Crippen LogP contribution < -0.4 is 24.8 Å². The minimum absolute atomic E-state index is 0.0327. The maximum atomic E-state index is 13.5. The third-order valence-electron chi connectivity index (χ3n) is 7.66. The molecule has 13 heteroatoms. The van der Waals surface area contributed by atoms with Crippen molar-refractivity contribution in [1.29, 1.82) is 0 Å². The highest BCUT2D eigenvalue weighted by molar-refractivity contribution is 6.11. The van der Waals surface area contributed by atoms with Gasteiger partial charge in [-0.1, -0.05) is 16.8 Å². The second-order valence-corrected chi connectivity index (χ2v) is 11.2. The van der Waals surface area contributed by atoms with Gasteiger partial charge in [0.1, 0.15) is 24.6 Å². The first-order valence-electron chi connectivity index (χ1n) is 15.0. The Morgan fingerprint density at radius 1 is 0.851 bits per heavy atom. The minimum Gasteiger partial charge on any atom is -0.495 e. The number of hydrogen-bond acceptors (Lipinski definition) is 11. The molecular formula is C34H39N3O10. The highest BCUT2D eigenvalue weighted by Crippen LogP contribution is 2.28. The number of carbonyl (C=O) groups is 4. The zero-order chi connectivity index (χ0) is 34.0. The number of methoxy groups -OCH3 is 2. The van der Waals surface area contributed by atoms with Crippen molar-refractivity contribution in [2.24, 2.45) is 0 Å². The van der Waals surface area contributed by atoms with Gasteiger partial charge in [0.25, 0.3) is 5.91 Å². The summed E-state index contributed by atoms with van der Waals surface area (Å²) in [7, 11) is 6.67. The Balaban J connectivity index is 1.48. The highest BCUT2D eigenvalue weighted by Gasteiger charge is 2.41. The van der Waals surface area contributed by atoms with E-state index in [1.165, 1.54) is 38.5 Å². The fourth-order valence-corrected chi connectivity index (χ4v) is 5.15. The topological polar surface area (TPSA) is 153 Å². The molecule has 3 aromatic rings. The summed E-state index contributed by atoms with van der Waals surface area (Å²) in [4.78, 5) is 59.7. The van der Waals surface area contributed by atoms with Gasteiger partial charge in [-0.15, -0.1) is 0 Å². The van der Waals surface area contributed by atoms with E-state index in [2.05, 4.69) is 5.32 Å². The van der Waals surface area contributed by atoms with Crippen molar-refractivity contribution >= 4 is 29.4 Å². The molecule has 0 bridgehead atoms. The van der Waals surface area contributed by atoms with E-state index >= 15 is 0 Å². The number of hydrogen-bond donors (Lipinski definition) is 1. The van der Waals surface area contributed by atoms with E-state index in [1.807, 2.05) is 25.1 Å². The van der Waals surface area contributed by atoms with Gasteiger partial charge in [-0.2, -0.15) is 0 Å². The van der Waals surface area contributed by atoms with Gasteiger partial charge in [0, 0.05) is 51.6 Å². The Kier molecular flexibility index (Phi) is 11.9. The Morgan fingerprint density at radius 2 is 1.49 bits per heavy atom. The summed E-state index contributed by atoms with van der Waals surface area (Å²) < 4.78 is 19.7. The lowest BCUT2D eigenvalue weighted by Crippen LogP contribution is -2.63. The predicted octanol–water partition coefficient (Wildman–Crippen LogP) is 3.16. The van der Waals surface area contributed by atoms with Crippen LogP contribution >= 0.6 is 0 Å². The average molecular weight is 650 g/mol. The van der Waals surface area contributed by atoms with E-state index in [4.69, 9.17) is 23.8 Å². The van der Waals surface area contributed by atoms with E-state index in [-0.39, 0.29) is 43.6 Å². The van der Waals surface area contributed by atoms with Crippen LogP contribution in [0.15, 0.2) is 66.7 Å². The Morgan fingerprint density at radius 3 is 2.13 bits per heavy atom. The molecule has 2 amide bonds. The molecule has 250 valence electrons. The van der Waals surface area contributed by atoms with Crippen molar-refractivity contribution in [3.05, 3.63) is 89.0 Å². The van der Waals surface area contributed by atoms with Crippen LogP contribution in [0.5, 0.6) is 11.5 Å². The van der Waals surface area contributed by atoms with Crippen molar-refractivity contribution in [2.75, 3.05) is 59.9 Å². The number of likely N-dealkylation sites (tertiary alicyclic amines) is 1. The van der Waals surface area contributed by atoms with Gasteiger partial charge in [-0.25, -0.2) is 4.79 Å². The van der Waals surface area contributed by atoms with Gasteiger partial charge in [0.05, 0.1) is 17.2 Å². The molecule has 0 aromatic heterocycles. The smallest absolute Gasteiger partial charge is 0.398 e. The van der Waals surface area contributed by atoms with E-state index < -0.39 is 28.7 Å². The van der Waals surface area contributed by atoms with Crippen LogP contribution in [0, 0.1) is 0 Å². The van der Waals surface area contributed by atoms with Crippen LogP contribution in [0.25, 0.3) is 0 Å². The average Bonchev–Trinajstić information content (AvgIpc) is 3.28. The van der Waals surface area contributed by atoms with Crippen LogP contribution in [0.3, 0.4) is 0 Å². The number of ether oxygens (including phenoxy) is 4. The lowest BCUT2D eigenvalue weighted by molar-refractivity contribution is -1.04. The minimum atomic E-state index is -1.60. The molecule has 0 aliphatic carbocycles. The summed E-state index contributed by atoms with van der Waals surface area (Å²) in [5, 5.41) is 15.3. The van der Waals surface area contributed by atoms with Crippen molar-refractivity contribution in [1.82, 2.24) is 5.32 Å². The maximum absolute atomic E-state index is 13.5. The van der Waals surface area contributed by atoms with Crippen LogP contribution in [0.4, 0.5) is 10.5 Å². The second kappa shape index (κ2) is 16.0. The van der Waals surface area contributed by atoms with Crippen LogP contribution in [-0.4, -0.2) is 89.4 Å². The number of nitrogens with zero attached hydrogens (tertiary/aromatic N) is 2. The van der Waals surface area contributed by atoms with E-state index in [1.54, 1.807) is 36.4 Å². The van der Waals surface area contributed by atoms with Crippen molar-refractivity contribution in [3.8, 4) is 11.5 Å². The SMILES string of the molecule is COCOc1ccc(C(=O)NC2CCCC[N+](OC(=O)c3ccc(C(=O)c4cc(N(C)C)ccc4OCOC)cc3)(C(=O)[O-])C2)cc1. The maximum Gasteiger partial charge on any atom is 0.398 e. The van der Waals surface area contributed by atoms with Crippen molar-refractivity contribution in [2.45, 2.75) is 25.3 Å². The van der Waals surface area contributed by atoms with E-state index in [0.717, 1.165) is 5.69 Å². The summed E-state index contributed by atoms with van der Waals surface area (Å²) in [5.74, 6) is -0.812. The first kappa shape index (κ1) is 34.9. The molecule has 1 fully saturated rings. The number of hydroxylamine groups is 3. The summed E-state index contributed by atoms with van der Waals surface area (Å²) in [6.45, 7) is -0.241. The number of benzene rings is 3. The molecule has 13 nitrogen and oxygen atoms in total. The van der Waals surface area contributed by atoms with Gasteiger partial charge < -0.3 is 39.1 Å². The van der Waals surface area contributed by atoms with Crippen molar-refractivity contribution < 1.29 is 52.7 Å². The number of carboxylic acid groups (broad SMARTS) is 1. The zero-order valence-electron chi connectivity index (χ0n) is 26.9. The first-order valence-corrected chi connectivity index (χ1v) is 15.0. The molecule has 1 heterocycles. The largest absolute Gasteiger partial charge is 0.495 e. The van der Waals surface area contributed by atoms with E-state index in [0.29, 0.717) is 41.9 Å². The fourth-order valence-electron chi connectivity index (χ4n) is 5.15. The number of carbonyl (C=O) groups excluding carboxylic acids is 4. The monoisotopic (exact) mass is 649 g/mol. The Bertz CT molecular complexity index is 1560.